The normalized spacial score (nSPS) is 11.9. The summed E-state index contributed by atoms with van der Waals surface area (Å²) in [4.78, 5) is 27.5. The van der Waals surface area contributed by atoms with E-state index in [2.05, 4.69) is 5.32 Å². The summed E-state index contributed by atoms with van der Waals surface area (Å²) in [5.41, 5.74) is 3.09. The van der Waals surface area contributed by atoms with Gasteiger partial charge in [-0.05, 0) is 48.9 Å². The molecule has 1 unspecified atom stereocenters. The molecular formula is C24H31ClN2O2. The van der Waals surface area contributed by atoms with E-state index in [1.807, 2.05) is 69.3 Å². The van der Waals surface area contributed by atoms with Gasteiger partial charge in [-0.25, -0.2) is 0 Å². The van der Waals surface area contributed by atoms with Gasteiger partial charge in [0.15, 0.2) is 0 Å². The van der Waals surface area contributed by atoms with Crippen LogP contribution >= 0.6 is 11.6 Å². The summed E-state index contributed by atoms with van der Waals surface area (Å²) < 4.78 is 0. The predicted octanol–water partition coefficient (Wildman–Crippen LogP) is 4.77. The number of rotatable bonds is 9. The van der Waals surface area contributed by atoms with Crippen LogP contribution in [0.2, 0.25) is 5.02 Å². The number of amides is 2. The van der Waals surface area contributed by atoms with Gasteiger partial charge in [-0.1, -0.05) is 67.9 Å². The third-order valence-electron chi connectivity index (χ3n) is 5.02. The second kappa shape index (κ2) is 11.0. The maximum Gasteiger partial charge on any atom is 0.242 e. The van der Waals surface area contributed by atoms with Crippen molar-refractivity contribution in [1.82, 2.24) is 10.2 Å². The molecule has 29 heavy (non-hydrogen) atoms. The minimum Gasteiger partial charge on any atom is -0.354 e. The highest BCUT2D eigenvalue weighted by atomic mass is 35.5. The first-order chi connectivity index (χ1) is 13.8. The molecule has 0 fully saturated rings. The molecule has 1 N–H and O–H groups in total. The topological polar surface area (TPSA) is 49.4 Å². The zero-order chi connectivity index (χ0) is 21.4. The summed E-state index contributed by atoms with van der Waals surface area (Å²) in [6, 6.07) is 15.0. The molecule has 0 aliphatic rings. The zero-order valence-corrected chi connectivity index (χ0v) is 18.5. The molecule has 0 bridgehead atoms. The minimum absolute atomic E-state index is 0.0552. The van der Waals surface area contributed by atoms with Gasteiger partial charge in [0.1, 0.15) is 6.04 Å². The van der Waals surface area contributed by atoms with Gasteiger partial charge in [-0.15, -0.1) is 0 Å². The van der Waals surface area contributed by atoms with Crippen LogP contribution in [0.5, 0.6) is 0 Å². The molecule has 0 saturated heterocycles. The molecule has 0 aromatic heterocycles. The van der Waals surface area contributed by atoms with E-state index in [1.54, 1.807) is 11.8 Å². The summed E-state index contributed by atoms with van der Waals surface area (Å²) in [7, 11) is 0. The first-order valence-electron chi connectivity index (χ1n) is 10.1. The van der Waals surface area contributed by atoms with E-state index in [0.29, 0.717) is 36.9 Å². The summed E-state index contributed by atoms with van der Waals surface area (Å²) in [5.74, 6) is 0.172. The van der Waals surface area contributed by atoms with Crippen molar-refractivity contribution in [2.24, 2.45) is 5.92 Å². The number of nitrogens with one attached hydrogen (secondary N) is 1. The Kier molecular flexibility index (Phi) is 8.71. The molecule has 1 atom stereocenters. The zero-order valence-electron chi connectivity index (χ0n) is 17.7. The molecule has 156 valence electrons. The highest BCUT2D eigenvalue weighted by molar-refractivity contribution is 6.31. The SMILES string of the molecule is Cc1ccccc1CN(C(=O)CCc1ccccc1Cl)C(C)C(=O)NCC(C)C. The Morgan fingerprint density at radius 3 is 2.24 bits per heavy atom. The Bertz CT molecular complexity index is 835. The van der Waals surface area contributed by atoms with Gasteiger partial charge in [-0.2, -0.15) is 0 Å². The highest BCUT2D eigenvalue weighted by Gasteiger charge is 2.26. The van der Waals surface area contributed by atoms with Crippen LogP contribution in [0, 0.1) is 12.8 Å². The fourth-order valence-corrected chi connectivity index (χ4v) is 3.32. The van der Waals surface area contributed by atoms with Gasteiger partial charge < -0.3 is 10.2 Å². The van der Waals surface area contributed by atoms with Crippen LogP contribution in [0.25, 0.3) is 0 Å². The lowest BCUT2D eigenvalue weighted by Gasteiger charge is -2.29. The van der Waals surface area contributed by atoms with Crippen molar-refractivity contribution in [3.05, 3.63) is 70.2 Å². The average molecular weight is 415 g/mol. The lowest BCUT2D eigenvalue weighted by Crippen LogP contribution is -2.48. The number of benzene rings is 2. The standard InChI is InChI=1S/C24H31ClN2O2/c1-17(2)15-26-24(29)19(4)27(16-21-11-6-5-9-18(21)3)23(28)14-13-20-10-7-8-12-22(20)25/h5-12,17,19H,13-16H2,1-4H3,(H,26,29). The van der Waals surface area contributed by atoms with E-state index >= 15 is 0 Å². The monoisotopic (exact) mass is 414 g/mol. The lowest BCUT2D eigenvalue weighted by molar-refractivity contribution is -0.140. The van der Waals surface area contributed by atoms with Gasteiger partial charge in [0.2, 0.25) is 11.8 Å². The number of carbonyl (C=O) groups is 2. The van der Waals surface area contributed by atoms with Crippen molar-refractivity contribution < 1.29 is 9.59 Å². The number of hydrogen-bond acceptors (Lipinski definition) is 2. The third-order valence-corrected chi connectivity index (χ3v) is 5.39. The Labute approximate surface area is 179 Å². The molecule has 0 saturated carbocycles. The van der Waals surface area contributed by atoms with Crippen LogP contribution in [-0.4, -0.2) is 29.3 Å². The predicted molar refractivity (Wildman–Crippen MR) is 119 cm³/mol. The molecule has 5 heteroatoms. The Morgan fingerprint density at radius 2 is 1.62 bits per heavy atom. The molecular weight excluding hydrogens is 384 g/mol. The van der Waals surface area contributed by atoms with E-state index in [-0.39, 0.29) is 11.8 Å². The minimum atomic E-state index is -0.549. The molecule has 0 radical (unpaired) electrons. The number of aryl methyl sites for hydroxylation is 2. The van der Waals surface area contributed by atoms with Crippen LogP contribution in [0.15, 0.2) is 48.5 Å². The molecule has 0 heterocycles. The average Bonchev–Trinajstić information content (AvgIpc) is 2.70. The van der Waals surface area contributed by atoms with Crippen LogP contribution in [-0.2, 0) is 22.6 Å². The number of hydrogen-bond donors (Lipinski definition) is 1. The van der Waals surface area contributed by atoms with E-state index in [9.17, 15) is 9.59 Å². The Hall–Kier alpha value is -2.33. The van der Waals surface area contributed by atoms with Crippen molar-refractivity contribution in [3.63, 3.8) is 0 Å². The second-order valence-corrected chi connectivity index (χ2v) is 8.26. The smallest absolute Gasteiger partial charge is 0.242 e. The van der Waals surface area contributed by atoms with E-state index < -0.39 is 6.04 Å². The van der Waals surface area contributed by atoms with E-state index in [0.717, 1.165) is 16.7 Å². The molecule has 0 spiro atoms. The highest BCUT2D eigenvalue weighted by Crippen LogP contribution is 2.19. The number of halogens is 1. The van der Waals surface area contributed by atoms with Crippen molar-refractivity contribution in [3.8, 4) is 0 Å². The first-order valence-corrected chi connectivity index (χ1v) is 10.5. The van der Waals surface area contributed by atoms with Crippen molar-refractivity contribution in [2.75, 3.05) is 6.54 Å². The Balaban J connectivity index is 2.16. The van der Waals surface area contributed by atoms with E-state index in [1.165, 1.54) is 0 Å². The van der Waals surface area contributed by atoms with Gasteiger partial charge in [0.25, 0.3) is 0 Å². The van der Waals surface area contributed by atoms with Crippen LogP contribution in [0.4, 0.5) is 0 Å². The van der Waals surface area contributed by atoms with Crippen LogP contribution in [0.1, 0.15) is 43.9 Å². The maximum atomic E-state index is 13.1. The summed E-state index contributed by atoms with van der Waals surface area (Å²) in [6.07, 6.45) is 0.848. The fourth-order valence-electron chi connectivity index (χ4n) is 3.09. The van der Waals surface area contributed by atoms with Crippen LogP contribution < -0.4 is 5.32 Å². The fraction of sp³-hybridized carbons (Fsp3) is 0.417. The molecule has 2 aromatic rings. The molecule has 0 aliphatic heterocycles. The summed E-state index contributed by atoms with van der Waals surface area (Å²) in [5, 5.41) is 3.61. The molecule has 2 rings (SSSR count). The molecule has 0 aliphatic carbocycles. The van der Waals surface area contributed by atoms with E-state index in [4.69, 9.17) is 11.6 Å². The second-order valence-electron chi connectivity index (χ2n) is 7.85. The molecule has 2 amide bonds. The van der Waals surface area contributed by atoms with Gasteiger partial charge in [0, 0.05) is 24.5 Å². The molecule has 2 aromatic carbocycles. The summed E-state index contributed by atoms with van der Waals surface area (Å²) in [6.45, 7) is 8.90. The van der Waals surface area contributed by atoms with Crippen molar-refractivity contribution in [1.29, 1.82) is 0 Å². The third kappa shape index (κ3) is 6.90. The van der Waals surface area contributed by atoms with Gasteiger partial charge >= 0.3 is 0 Å². The summed E-state index contributed by atoms with van der Waals surface area (Å²) >= 11 is 6.23. The first kappa shape index (κ1) is 23.0. The Morgan fingerprint density at radius 1 is 1.00 bits per heavy atom. The van der Waals surface area contributed by atoms with Crippen molar-refractivity contribution in [2.45, 2.75) is 53.1 Å². The molecule has 4 nitrogen and oxygen atoms in total. The van der Waals surface area contributed by atoms with Crippen LogP contribution in [0.3, 0.4) is 0 Å². The number of nitrogens with zero attached hydrogens (tertiary/aromatic N) is 1. The maximum absolute atomic E-state index is 13.1. The van der Waals surface area contributed by atoms with Gasteiger partial charge in [-0.3, -0.25) is 9.59 Å². The number of carbonyl (C=O) groups excluding carboxylic acids is 2. The largest absolute Gasteiger partial charge is 0.354 e. The van der Waals surface area contributed by atoms with Crippen molar-refractivity contribution >= 4 is 23.4 Å². The quantitative estimate of drug-likeness (QED) is 0.642. The lowest BCUT2D eigenvalue weighted by atomic mass is 10.1. The van der Waals surface area contributed by atoms with Gasteiger partial charge in [0.05, 0.1) is 0 Å².